The molecule has 1 unspecified atom stereocenters. The molecular formula is C8H14NO. The Hall–Kier alpha value is -0.0800. The first-order valence-electron chi connectivity index (χ1n) is 4.19. The van der Waals surface area contributed by atoms with E-state index in [0.29, 0.717) is 0 Å². The molecule has 2 aliphatic rings. The fraction of sp³-hybridized carbons (Fsp3) is 1.00. The molecule has 1 spiro atoms. The Kier molecular flexibility index (Phi) is 1.66. The number of rotatable bonds is 0. The van der Waals surface area contributed by atoms with E-state index in [1.165, 1.54) is 25.7 Å². The van der Waals surface area contributed by atoms with Gasteiger partial charge in [0.25, 0.3) is 0 Å². The highest BCUT2D eigenvalue weighted by atomic mass is 16.5. The van der Waals surface area contributed by atoms with Crippen LogP contribution >= 0.6 is 0 Å². The minimum atomic E-state index is 0.207. The minimum Gasteiger partial charge on any atom is -0.374 e. The van der Waals surface area contributed by atoms with Crippen LogP contribution in [0.3, 0.4) is 0 Å². The number of ether oxygens (including phenoxy) is 1. The van der Waals surface area contributed by atoms with Crippen LogP contribution in [0.25, 0.3) is 0 Å². The highest BCUT2D eigenvalue weighted by Crippen LogP contribution is 2.31. The summed E-state index contributed by atoms with van der Waals surface area (Å²) in [6, 6.07) is 0. The van der Waals surface area contributed by atoms with Gasteiger partial charge in [0.05, 0.1) is 5.60 Å². The molecule has 0 N–H and O–H groups in total. The Morgan fingerprint density at radius 1 is 1.20 bits per heavy atom. The lowest BCUT2D eigenvalue weighted by molar-refractivity contribution is -0.0147. The van der Waals surface area contributed by atoms with Crippen LogP contribution in [0.15, 0.2) is 0 Å². The first-order valence-corrected chi connectivity index (χ1v) is 4.19. The molecule has 2 heteroatoms. The van der Waals surface area contributed by atoms with E-state index >= 15 is 0 Å². The lowest BCUT2D eigenvalue weighted by atomic mass is 9.91. The topological polar surface area (TPSA) is 23.3 Å². The van der Waals surface area contributed by atoms with Crippen molar-refractivity contribution in [1.82, 2.24) is 5.32 Å². The van der Waals surface area contributed by atoms with Gasteiger partial charge in [-0.15, -0.1) is 0 Å². The molecule has 2 saturated heterocycles. The smallest absolute Gasteiger partial charge is 0.0824 e. The van der Waals surface area contributed by atoms with Crippen molar-refractivity contribution < 1.29 is 4.74 Å². The Labute approximate surface area is 61.9 Å². The van der Waals surface area contributed by atoms with Crippen LogP contribution in [0.2, 0.25) is 0 Å². The molecule has 2 aliphatic heterocycles. The molecule has 0 amide bonds. The van der Waals surface area contributed by atoms with Gasteiger partial charge in [-0.2, -0.15) is 0 Å². The third-order valence-corrected chi connectivity index (χ3v) is 2.53. The summed E-state index contributed by atoms with van der Waals surface area (Å²) in [5.74, 6) is 0. The standard InChI is InChI=1S/C8H14NO/c1-3-8(7-9-5-1)4-2-6-10-8/h1-7H2. The summed E-state index contributed by atoms with van der Waals surface area (Å²) in [7, 11) is 0. The molecule has 0 aromatic rings. The predicted molar refractivity (Wildman–Crippen MR) is 39.0 cm³/mol. The van der Waals surface area contributed by atoms with Crippen molar-refractivity contribution in [2.45, 2.75) is 31.3 Å². The molecule has 0 saturated carbocycles. The van der Waals surface area contributed by atoms with Crippen LogP contribution in [-0.4, -0.2) is 25.3 Å². The van der Waals surface area contributed by atoms with Crippen LogP contribution in [0.5, 0.6) is 0 Å². The molecule has 2 heterocycles. The van der Waals surface area contributed by atoms with Crippen LogP contribution in [0.1, 0.15) is 25.7 Å². The van der Waals surface area contributed by atoms with Crippen LogP contribution < -0.4 is 5.32 Å². The predicted octanol–water partition coefficient (Wildman–Crippen LogP) is 0.934. The van der Waals surface area contributed by atoms with Crippen LogP contribution in [0, 0.1) is 0 Å². The lowest BCUT2D eigenvalue weighted by Crippen LogP contribution is -2.41. The van der Waals surface area contributed by atoms with E-state index in [1.54, 1.807) is 0 Å². The molecule has 2 nitrogen and oxygen atoms in total. The van der Waals surface area contributed by atoms with Gasteiger partial charge in [-0.25, -0.2) is 5.32 Å². The number of nitrogens with zero attached hydrogens (tertiary/aromatic N) is 1. The summed E-state index contributed by atoms with van der Waals surface area (Å²) in [6.45, 7) is 2.99. The molecule has 0 bridgehead atoms. The number of hydrogen-bond acceptors (Lipinski definition) is 1. The zero-order valence-electron chi connectivity index (χ0n) is 6.31. The van der Waals surface area contributed by atoms with Crippen molar-refractivity contribution in [1.29, 1.82) is 0 Å². The molecule has 57 valence electrons. The van der Waals surface area contributed by atoms with Gasteiger partial charge in [0, 0.05) is 19.7 Å². The van der Waals surface area contributed by atoms with Crippen molar-refractivity contribution >= 4 is 0 Å². The van der Waals surface area contributed by atoms with Crippen molar-refractivity contribution in [2.24, 2.45) is 0 Å². The normalized spacial score (nSPS) is 40.8. The second-order valence-corrected chi connectivity index (χ2v) is 3.34. The quantitative estimate of drug-likeness (QED) is 0.491. The number of piperidine rings is 1. The summed E-state index contributed by atoms with van der Waals surface area (Å²) in [4.78, 5) is 0. The van der Waals surface area contributed by atoms with Crippen molar-refractivity contribution in [3.05, 3.63) is 0 Å². The van der Waals surface area contributed by atoms with E-state index in [4.69, 9.17) is 4.74 Å². The summed E-state index contributed by atoms with van der Waals surface area (Å²) in [5, 5.41) is 4.39. The second kappa shape index (κ2) is 2.51. The maximum absolute atomic E-state index is 5.69. The van der Waals surface area contributed by atoms with E-state index in [2.05, 4.69) is 5.32 Å². The van der Waals surface area contributed by atoms with E-state index < -0.39 is 0 Å². The van der Waals surface area contributed by atoms with Gasteiger partial charge < -0.3 is 4.74 Å². The Morgan fingerprint density at radius 2 is 2.10 bits per heavy atom. The molecule has 2 fully saturated rings. The van der Waals surface area contributed by atoms with Gasteiger partial charge in [-0.1, -0.05) is 0 Å². The monoisotopic (exact) mass is 140 g/mol. The van der Waals surface area contributed by atoms with E-state index in [0.717, 1.165) is 19.7 Å². The lowest BCUT2D eigenvalue weighted by Gasteiger charge is -2.31. The SMILES string of the molecule is C1C[N]CC2(C1)CCCO2. The molecule has 1 radical (unpaired) electrons. The summed E-state index contributed by atoms with van der Waals surface area (Å²) < 4.78 is 5.69. The summed E-state index contributed by atoms with van der Waals surface area (Å²) in [6.07, 6.45) is 4.97. The molecule has 10 heavy (non-hydrogen) atoms. The molecule has 0 aromatic carbocycles. The minimum absolute atomic E-state index is 0.207. The first-order chi connectivity index (χ1) is 4.91. The average molecular weight is 140 g/mol. The fourth-order valence-corrected chi connectivity index (χ4v) is 1.95. The zero-order chi connectivity index (χ0) is 6.86. The Bertz CT molecular complexity index is 110. The van der Waals surface area contributed by atoms with Gasteiger partial charge in [0.1, 0.15) is 0 Å². The maximum atomic E-state index is 5.69. The maximum Gasteiger partial charge on any atom is 0.0824 e. The number of hydrogen-bond donors (Lipinski definition) is 0. The Balaban J connectivity index is 1.98. The van der Waals surface area contributed by atoms with Gasteiger partial charge in [0.2, 0.25) is 0 Å². The summed E-state index contributed by atoms with van der Waals surface area (Å²) in [5.41, 5.74) is 0.207. The largest absolute Gasteiger partial charge is 0.374 e. The van der Waals surface area contributed by atoms with E-state index in [-0.39, 0.29) is 5.60 Å². The van der Waals surface area contributed by atoms with Crippen molar-refractivity contribution in [2.75, 3.05) is 19.7 Å². The molecular weight excluding hydrogens is 126 g/mol. The van der Waals surface area contributed by atoms with Gasteiger partial charge >= 0.3 is 0 Å². The highest BCUT2D eigenvalue weighted by Gasteiger charge is 2.36. The van der Waals surface area contributed by atoms with Crippen molar-refractivity contribution in [3.63, 3.8) is 0 Å². The van der Waals surface area contributed by atoms with Crippen LogP contribution in [-0.2, 0) is 4.74 Å². The van der Waals surface area contributed by atoms with Gasteiger partial charge in [-0.3, -0.25) is 0 Å². The van der Waals surface area contributed by atoms with Crippen molar-refractivity contribution in [3.8, 4) is 0 Å². The first kappa shape index (κ1) is 6.62. The highest BCUT2D eigenvalue weighted by molar-refractivity contribution is 4.89. The zero-order valence-corrected chi connectivity index (χ0v) is 6.31. The van der Waals surface area contributed by atoms with E-state index in [1.807, 2.05) is 0 Å². The van der Waals surface area contributed by atoms with Gasteiger partial charge in [0.15, 0.2) is 0 Å². The Morgan fingerprint density at radius 3 is 2.70 bits per heavy atom. The van der Waals surface area contributed by atoms with E-state index in [9.17, 15) is 0 Å². The fourth-order valence-electron chi connectivity index (χ4n) is 1.95. The summed E-state index contributed by atoms with van der Waals surface area (Å²) >= 11 is 0. The van der Waals surface area contributed by atoms with Crippen LogP contribution in [0.4, 0.5) is 0 Å². The molecule has 2 rings (SSSR count). The molecule has 0 aliphatic carbocycles. The third kappa shape index (κ3) is 1.06. The van der Waals surface area contributed by atoms with Gasteiger partial charge in [-0.05, 0) is 25.7 Å². The average Bonchev–Trinajstić information content (AvgIpc) is 2.39. The molecule has 0 aromatic heterocycles. The second-order valence-electron chi connectivity index (χ2n) is 3.34. The third-order valence-electron chi connectivity index (χ3n) is 2.53. The molecule has 1 atom stereocenters.